The van der Waals surface area contributed by atoms with E-state index in [9.17, 15) is 18.1 Å². The Morgan fingerprint density at radius 2 is 1.97 bits per heavy atom. The van der Waals surface area contributed by atoms with E-state index in [1.807, 2.05) is 13.0 Å². The van der Waals surface area contributed by atoms with Gasteiger partial charge in [0.25, 0.3) is 10.0 Å². The summed E-state index contributed by atoms with van der Waals surface area (Å²) in [6.07, 6.45) is 1.68. The fourth-order valence-corrected chi connectivity index (χ4v) is 6.71. The number of sulfonamides is 1. The standard InChI is InChI=1S/C21H29N5O5S3/c1-7-26(8-2)34(29,30)21-18(27)15(11-32-21)22-19-20(25-33(28)24-19)23-17(13(5)6)16-9-14(10-31-16)12(3)4/h9-12,17,27H,5,7-8H2,1-4,6H3,(H,22,24)(H,23,25)/t17-,33?/m1/s1. The molecule has 0 amide bonds. The molecule has 3 rings (SSSR count). The van der Waals surface area contributed by atoms with Crippen molar-refractivity contribution >= 4 is 49.8 Å². The van der Waals surface area contributed by atoms with Crippen molar-refractivity contribution in [2.24, 2.45) is 0 Å². The van der Waals surface area contributed by atoms with Crippen LogP contribution in [0.3, 0.4) is 0 Å². The SMILES string of the molecule is C=C(C)[C@@H](Nc1n[s+]([O-])nc1Nc1csc(S(=O)(=O)N(CC)CC)c1O)c1cc(C(C)C)co1. The molecule has 0 saturated heterocycles. The third-order valence-electron chi connectivity index (χ3n) is 5.19. The van der Waals surface area contributed by atoms with E-state index in [2.05, 4.69) is 39.8 Å². The molecule has 3 heterocycles. The van der Waals surface area contributed by atoms with Crippen molar-refractivity contribution in [3.05, 3.63) is 41.2 Å². The molecule has 0 spiro atoms. The third-order valence-corrected chi connectivity index (χ3v) is 9.41. The lowest BCUT2D eigenvalue weighted by Gasteiger charge is -2.17. The Bertz CT molecular complexity index is 1260. The van der Waals surface area contributed by atoms with E-state index in [-0.39, 0.29) is 40.5 Å². The number of anilines is 3. The van der Waals surface area contributed by atoms with E-state index >= 15 is 0 Å². The molecule has 0 aliphatic heterocycles. The zero-order valence-corrected chi connectivity index (χ0v) is 22.1. The van der Waals surface area contributed by atoms with Crippen LogP contribution in [0, 0.1) is 0 Å². The Hall–Kier alpha value is -2.45. The van der Waals surface area contributed by atoms with Crippen LogP contribution in [0.25, 0.3) is 0 Å². The minimum Gasteiger partial charge on any atom is -0.546 e. The molecule has 186 valence electrons. The molecule has 3 aromatic rings. The summed E-state index contributed by atoms with van der Waals surface area (Å²) < 4.78 is 52.5. The maximum Gasteiger partial charge on any atom is 0.256 e. The van der Waals surface area contributed by atoms with E-state index in [0.717, 1.165) is 22.5 Å². The van der Waals surface area contributed by atoms with Gasteiger partial charge in [0.15, 0.2) is 21.1 Å². The van der Waals surface area contributed by atoms with Crippen molar-refractivity contribution < 1.29 is 22.5 Å². The van der Waals surface area contributed by atoms with Gasteiger partial charge in [-0.25, -0.2) is 8.42 Å². The number of furan rings is 1. The molecule has 0 aromatic carbocycles. The molecule has 1 unspecified atom stereocenters. The molecule has 0 radical (unpaired) electrons. The van der Waals surface area contributed by atoms with Crippen LogP contribution in [0.5, 0.6) is 5.75 Å². The molecular formula is C21H29N5O5S3. The lowest BCUT2D eigenvalue weighted by molar-refractivity contribution is 0.434. The minimum absolute atomic E-state index is 0.0973. The van der Waals surface area contributed by atoms with Crippen LogP contribution in [0.2, 0.25) is 0 Å². The number of aromatic nitrogens is 2. The predicted octanol–water partition coefficient (Wildman–Crippen LogP) is 5.19. The van der Waals surface area contributed by atoms with Crippen molar-refractivity contribution in [2.75, 3.05) is 23.7 Å². The van der Waals surface area contributed by atoms with Gasteiger partial charge in [-0.2, -0.15) is 4.31 Å². The summed E-state index contributed by atoms with van der Waals surface area (Å²) in [5.74, 6) is 0.733. The fourth-order valence-electron chi connectivity index (χ4n) is 3.25. The molecule has 3 N–H and O–H groups in total. The van der Waals surface area contributed by atoms with Gasteiger partial charge < -0.3 is 24.7 Å². The highest BCUT2D eigenvalue weighted by Crippen LogP contribution is 2.42. The Labute approximate surface area is 206 Å². The van der Waals surface area contributed by atoms with E-state index in [1.165, 1.54) is 9.69 Å². The Kier molecular flexibility index (Phi) is 8.03. The van der Waals surface area contributed by atoms with E-state index in [1.54, 1.807) is 20.1 Å². The highest BCUT2D eigenvalue weighted by molar-refractivity contribution is 7.91. The molecule has 10 nitrogen and oxygen atoms in total. The van der Waals surface area contributed by atoms with Gasteiger partial charge in [-0.1, -0.05) is 39.8 Å². The molecule has 0 saturated carbocycles. The zero-order chi connectivity index (χ0) is 25.2. The number of aromatic hydroxyl groups is 1. The van der Waals surface area contributed by atoms with Gasteiger partial charge in [-0.05, 0) is 24.5 Å². The number of nitrogens with zero attached hydrogens (tertiary/aromatic N) is 3. The molecule has 2 atom stereocenters. The molecule has 0 aliphatic carbocycles. The predicted molar refractivity (Wildman–Crippen MR) is 134 cm³/mol. The number of rotatable bonds is 11. The average molecular weight is 528 g/mol. The van der Waals surface area contributed by atoms with Gasteiger partial charge in [0.1, 0.15) is 11.8 Å². The summed E-state index contributed by atoms with van der Waals surface area (Å²) in [4.78, 5) is 0. The zero-order valence-electron chi connectivity index (χ0n) is 19.7. The van der Waals surface area contributed by atoms with Gasteiger partial charge in [0.05, 0.1) is 12.0 Å². The Morgan fingerprint density at radius 1 is 1.32 bits per heavy atom. The van der Waals surface area contributed by atoms with Crippen molar-refractivity contribution in [3.8, 4) is 5.75 Å². The highest BCUT2D eigenvalue weighted by atomic mass is 32.2. The molecule has 0 fully saturated rings. The molecule has 0 aliphatic rings. The lowest BCUT2D eigenvalue weighted by atomic mass is 10.0. The lowest BCUT2D eigenvalue weighted by Crippen LogP contribution is -2.30. The fraction of sp³-hybridized carbons (Fsp3) is 0.429. The molecule has 34 heavy (non-hydrogen) atoms. The van der Waals surface area contributed by atoms with E-state index in [4.69, 9.17) is 4.42 Å². The van der Waals surface area contributed by atoms with Crippen LogP contribution in [-0.2, 0) is 10.0 Å². The summed E-state index contributed by atoms with van der Waals surface area (Å²) >= 11 is -1.000. The van der Waals surface area contributed by atoms with Crippen LogP contribution < -0.4 is 10.6 Å². The van der Waals surface area contributed by atoms with Gasteiger partial charge in [-0.15, -0.1) is 11.3 Å². The van der Waals surface area contributed by atoms with Gasteiger partial charge >= 0.3 is 0 Å². The van der Waals surface area contributed by atoms with Crippen LogP contribution in [0.4, 0.5) is 17.3 Å². The number of nitrogens with one attached hydrogen (secondary N) is 2. The quantitative estimate of drug-likeness (QED) is 0.227. The summed E-state index contributed by atoms with van der Waals surface area (Å²) in [6, 6.07) is 1.45. The number of hydrogen-bond donors (Lipinski definition) is 3. The first-order valence-corrected chi connectivity index (χ1v) is 14.0. The average Bonchev–Trinajstić information content (AvgIpc) is 3.46. The van der Waals surface area contributed by atoms with Crippen molar-refractivity contribution in [3.63, 3.8) is 0 Å². The third kappa shape index (κ3) is 5.28. The number of hydrogen-bond acceptors (Lipinski definition) is 10. The first kappa shape index (κ1) is 26.2. The molecular weight excluding hydrogens is 498 g/mol. The van der Waals surface area contributed by atoms with Crippen LogP contribution in [0.1, 0.15) is 57.9 Å². The van der Waals surface area contributed by atoms with Crippen molar-refractivity contribution in [1.29, 1.82) is 0 Å². The van der Waals surface area contributed by atoms with E-state index < -0.39 is 33.0 Å². The second-order valence-corrected chi connectivity index (χ2v) is 11.8. The Morgan fingerprint density at radius 3 is 2.53 bits per heavy atom. The summed E-state index contributed by atoms with van der Waals surface area (Å²) in [7, 11) is -3.85. The van der Waals surface area contributed by atoms with Crippen LogP contribution >= 0.6 is 22.5 Å². The minimum atomic E-state index is -3.85. The van der Waals surface area contributed by atoms with Gasteiger partial charge in [0, 0.05) is 27.2 Å². The summed E-state index contributed by atoms with van der Waals surface area (Å²) in [6.45, 7) is 13.9. The largest absolute Gasteiger partial charge is 0.546 e. The first-order valence-electron chi connectivity index (χ1n) is 10.7. The second kappa shape index (κ2) is 10.4. The molecule has 3 aromatic heterocycles. The van der Waals surface area contributed by atoms with Crippen LogP contribution in [0.15, 0.2) is 38.5 Å². The van der Waals surface area contributed by atoms with E-state index in [0.29, 0.717) is 5.76 Å². The monoisotopic (exact) mass is 527 g/mol. The summed E-state index contributed by atoms with van der Waals surface area (Å²) in [5.41, 5.74) is 1.88. The first-order chi connectivity index (χ1) is 16.0. The van der Waals surface area contributed by atoms with Gasteiger partial charge in [0.2, 0.25) is 11.6 Å². The summed E-state index contributed by atoms with van der Waals surface area (Å²) in [5, 5.41) is 18.1. The van der Waals surface area contributed by atoms with Crippen molar-refractivity contribution in [1.82, 2.24) is 13.1 Å². The maximum atomic E-state index is 12.8. The topological polar surface area (TPSA) is 144 Å². The Balaban J connectivity index is 1.90. The second-order valence-electron chi connectivity index (χ2n) is 7.97. The van der Waals surface area contributed by atoms with Crippen LogP contribution in [-0.4, -0.2) is 44.2 Å². The highest BCUT2D eigenvalue weighted by Gasteiger charge is 2.30. The molecule has 0 bridgehead atoms. The van der Waals surface area contributed by atoms with Gasteiger partial charge in [-0.3, -0.25) is 0 Å². The normalized spacial score (nSPS) is 13.5. The smallest absolute Gasteiger partial charge is 0.256 e. The van der Waals surface area contributed by atoms with Crippen molar-refractivity contribution in [2.45, 2.75) is 50.8 Å². The maximum absolute atomic E-state index is 12.8. The molecule has 13 heteroatoms. The number of thiophene rings is 1.